The minimum atomic E-state index is -0.183. The highest BCUT2D eigenvalue weighted by Crippen LogP contribution is 2.28. The summed E-state index contributed by atoms with van der Waals surface area (Å²) in [5.41, 5.74) is 2.35. The Morgan fingerprint density at radius 2 is 1.50 bits per heavy atom. The predicted octanol–water partition coefficient (Wildman–Crippen LogP) is 3.67. The van der Waals surface area contributed by atoms with Crippen molar-refractivity contribution in [3.05, 3.63) is 71.5 Å². The maximum absolute atomic E-state index is 13.0. The van der Waals surface area contributed by atoms with E-state index >= 15 is 0 Å². The van der Waals surface area contributed by atoms with Crippen molar-refractivity contribution in [1.82, 2.24) is 5.32 Å². The molecule has 1 aliphatic rings. The van der Waals surface area contributed by atoms with Gasteiger partial charge in [0.15, 0.2) is 0 Å². The van der Waals surface area contributed by atoms with Gasteiger partial charge in [-0.15, -0.1) is 0 Å². The van der Waals surface area contributed by atoms with E-state index in [0.29, 0.717) is 6.04 Å². The summed E-state index contributed by atoms with van der Waals surface area (Å²) in [6.45, 7) is 0. The number of halogens is 1. The Hall–Kier alpha value is -1.67. The van der Waals surface area contributed by atoms with Gasteiger partial charge in [-0.25, -0.2) is 4.39 Å². The second kappa shape index (κ2) is 4.91. The molecule has 0 aliphatic heterocycles. The van der Waals surface area contributed by atoms with Crippen LogP contribution in [-0.4, -0.2) is 6.04 Å². The molecule has 1 aliphatic carbocycles. The van der Waals surface area contributed by atoms with Crippen LogP contribution in [0.2, 0.25) is 0 Å². The van der Waals surface area contributed by atoms with Gasteiger partial charge in [-0.05, 0) is 36.1 Å². The minimum Gasteiger partial charge on any atom is -0.303 e. The maximum Gasteiger partial charge on any atom is 0.123 e. The Morgan fingerprint density at radius 1 is 0.889 bits per heavy atom. The van der Waals surface area contributed by atoms with Crippen molar-refractivity contribution in [2.45, 2.75) is 24.9 Å². The molecule has 0 bridgehead atoms. The van der Waals surface area contributed by atoms with Gasteiger partial charge in [-0.1, -0.05) is 42.5 Å². The zero-order valence-electron chi connectivity index (χ0n) is 10.1. The highest BCUT2D eigenvalue weighted by molar-refractivity contribution is 5.32. The number of benzene rings is 2. The summed E-state index contributed by atoms with van der Waals surface area (Å²) >= 11 is 0. The van der Waals surface area contributed by atoms with Gasteiger partial charge >= 0.3 is 0 Å². The quantitative estimate of drug-likeness (QED) is 0.861. The third kappa shape index (κ3) is 2.59. The van der Waals surface area contributed by atoms with E-state index in [1.807, 2.05) is 30.3 Å². The summed E-state index contributed by atoms with van der Waals surface area (Å²) in [5.74, 6) is -0.183. The Bertz CT molecular complexity index is 502. The first kappa shape index (κ1) is 11.4. The van der Waals surface area contributed by atoms with Gasteiger partial charge in [0.1, 0.15) is 5.82 Å². The molecule has 1 unspecified atom stereocenters. The Kier molecular flexibility index (Phi) is 3.11. The topological polar surface area (TPSA) is 12.0 Å². The molecule has 0 radical (unpaired) electrons. The van der Waals surface area contributed by atoms with E-state index < -0.39 is 0 Å². The second-order valence-corrected chi connectivity index (χ2v) is 4.84. The van der Waals surface area contributed by atoms with Crippen molar-refractivity contribution in [3.63, 3.8) is 0 Å². The number of nitrogens with one attached hydrogen (secondary N) is 1. The molecule has 2 aromatic rings. The SMILES string of the molecule is Fc1ccc(C(NC2CC2)c2ccccc2)cc1. The van der Waals surface area contributed by atoms with Crippen LogP contribution >= 0.6 is 0 Å². The molecular formula is C16H16FN. The summed E-state index contributed by atoms with van der Waals surface area (Å²) in [6, 6.07) is 17.9. The lowest BCUT2D eigenvalue weighted by molar-refractivity contribution is 0.595. The summed E-state index contributed by atoms with van der Waals surface area (Å²) in [7, 11) is 0. The van der Waals surface area contributed by atoms with Gasteiger partial charge in [-0.2, -0.15) is 0 Å². The predicted molar refractivity (Wildman–Crippen MR) is 70.8 cm³/mol. The molecule has 1 nitrogen and oxygen atoms in total. The largest absolute Gasteiger partial charge is 0.303 e. The Morgan fingerprint density at radius 3 is 2.11 bits per heavy atom. The van der Waals surface area contributed by atoms with E-state index in [4.69, 9.17) is 0 Å². The summed E-state index contributed by atoms with van der Waals surface area (Å²) in [4.78, 5) is 0. The fourth-order valence-electron chi connectivity index (χ4n) is 2.17. The number of rotatable bonds is 4. The van der Waals surface area contributed by atoms with Gasteiger partial charge < -0.3 is 5.32 Å². The number of hydrogen-bond donors (Lipinski definition) is 1. The lowest BCUT2D eigenvalue weighted by atomic mass is 9.98. The first-order valence-electron chi connectivity index (χ1n) is 6.39. The smallest absolute Gasteiger partial charge is 0.123 e. The van der Waals surface area contributed by atoms with Crippen LogP contribution < -0.4 is 5.32 Å². The van der Waals surface area contributed by atoms with Crippen LogP contribution in [0.3, 0.4) is 0 Å². The zero-order chi connectivity index (χ0) is 12.4. The number of hydrogen-bond acceptors (Lipinski definition) is 1. The highest BCUT2D eigenvalue weighted by Gasteiger charge is 2.26. The summed E-state index contributed by atoms with van der Waals surface area (Å²) in [5, 5.41) is 3.62. The first-order valence-corrected chi connectivity index (χ1v) is 6.39. The van der Waals surface area contributed by atoms with Crippen molar-refractivity contribution >= 4 is 0 Å². The van der Waals surface area contributed by atoms with E-state index in [1.165, 1.54) is 30.5 Å². The molecule has 0 saturated heterocycles. The zero-order valence-corrected chi connectivity index (χ0v) is 10.1. The van der Waals surface area contributed by atoms with Crippen LogP contribution in [0.4, 0.5) is 4.39 Å². The minimum absolute atomic E-state index is 0.166. The summed E-state index contributed by atoms with van der Waals surface area (Å²) in [6.07, 6.45) is 2.48. The molecule has 3 rings (SSSR count). The van der Waals surface area contributed by atoms with E-state index in [9.17, 15) is 4.39 Å². The molecule has 0 amide bonds. The molecule has 0 aromatic heterocycles. The highest BCUT2D eigenvalue weighted by atomic mass is 19.1. The molecule has 1 saturated carbocycles. The molecule has 1 atom stereocenters. The van der Waals surface area contributed by atoms with Gasteiger partial charge in [0.05, 0.1) is 6.04 Å². The van der Waals surface area contributed by atoms with Crippen molar-refractivity contribution in [3.8, 4) is 0 Å². The fraction of sp³-hybridized carbons (Fsp3) is 0.250. The van der Waals surface area contributed by atoms with Crippen LogP contribution in [0.1, 0.15) is 30.0 Å². The molecule has 0 spiro atoms. The van der Waals surface area contributed by atoms with Crippen LogP contribution in [0, 0.1) is 5.82 Å². The van der Waals surface area contributed by atoms with Crippen LogP contribution in [0.15, 0.2) is 54.6 Å². The van der Waals surface area contributed by atoms with Crippen molar-refractivity contribution < 1.29 is 4.39 Å². The average Bonchev–Trinajstić information content (AvgIpc) is 3.22. The van der Waals surface area contributed by atoms with E-state index in [1.54, 1.807) is 0 Å². The molecule has 92 valence electrons. The molecule has 1 fully saturated rings. The average molecular weight is 241 g/mol. The second-order valence-electron chi connectivity index (χ2n) is 4.84. The normalized spacial score (nSPS) is 16.5. The first-order chi connectivity index (χ1) is 8.83. The Labute approximate surface area is 107 Å². The van der Waals surface area contributed by atoms with Gasteiger partial charge in [0.2, 0.25) is 0 Å². The summed E-state index contributed by atoms with van der Waals surface area (Å²) < 4.78 is 13.0. The molecular weight excluding hydrogens is 225 g/mol. The molecule has 2 aromatic carbocycles. The maximum atomic E-state index is 13.0. The van der Waals surface area contributed by atoms with Gasteiger partial charge in [-0.3, -0.25) is 0 Å². The molecule has 0 heterocycles. The van der Waals surface area contributed by atoms with Crippen molar-refractivity contribution in [2.24, 2.45) is 0 Å². The standard InChI is InChI=1S/C16H16FN/c17-14-8-6-13(7-9-14)16(18-15-10-11-15)12-4-2-1-3-5-12/h1-9,15-16,18H,10-11H2. The lowest BCUT2D eigenvalue weighted by Crippen LogP contribution is -2.24. The van der Waals surface area contributed by atoms with Gasteiger partial charge in [0, 0.05) is 6.04 Å². The van der Waals surface area contributed by atoms with Gasteiger partial charge in [0.25, 0.3) is 0 Å². The monoisotopic (exact) mass is 241 g/mol. The molecule has 2 heteroatoms. The van der Waals surface area contributed by atoms with E-state index in [-0.39, 0.29) is 11.9 Å². The lowest BCUT2D eigenvalue weighted by Gasteiger charge is -2.19. The third-order valence-corrected chi connectivity index (χ3v) is 3.32. The van der Waals surface area contributed by atoms with Crippen LogP contribution in [-0.2, 0) is 0 Å². The van der Waals surface area contributed by atoms with Crippen LogP contribution in [0.25, 0.3) is 0 Å². The Balaban J connectivity index is 1.91. The molecule has 18 heavy (non-hydrogen) atoms. The van der Waals surface area contributed by atoms with E-state index in [2.05, 4.69) is 17.4 Å². The van der Waals surface area contributed by atoms with Crippen LogP contribution in [0.5, 0.6) is 0 Å². The van der Waals surface area contributed by atoms with E-state index in [0.717, 1.165) is 5.56 Å². The fourth-order valence-corrected chi connectivity index (χ4v) is 2.17. The molecule has 1 N–H and O–H groups in total. The van der Waals surface area contributed by atoms with Crippen molar-refractivity contribution in [2.75, 3.05) is 0 Å². The van der Waals surface area contributed by atoms with Crippen molar-refractivity contribution in [1.29, 1.82) is 0 Å². The third-order valence-electron chi connectivity index (χ3n) is 3.32.